The summed E-state index contributed by atoms with van der Waals surface area (Å²) in [6.07, 6.45) is 1.00. The molecule has 0 aliphatic carbocycles. The van der Waals surface area contributed by atoms with Gasteiger partial charge in [-0.3, -0.25) is 9.69 Å². The van der Waals surface area contributed by atoms with Crippen LogP contribution in [0.5, 0.6) is 0 Å². The molecule has 2 N–H and O–H groups in total. The minimum Gasteiger partial charge on any atom is -0.383 e. The molecule has 7 nitrogen and oxygen atoms in total. The number of hydrogen-bond donors (Lipinski definition) is 2. The first kappa shape index (κ1) is 18.9. The molecule has 7 heteroatoms. The molecule has 0 spiro atoms. The number of anilines is 2. The lowest BCUT2D eigenvalue weighted by atomic mass is 10.0. The average molecular weight is 399 g/mol. The molecule has 3 saturated heterocycles. The van der Waals surface area contributed by atoms with Gasteiger partial charge in [-0.2, -0.15) is 0 Å². The van der Waals surface area contributed by atoms with Gasteiger partial charge in [-0.05, 0) is 38.5 Å². The minimum absolute atomic E-state index is 0.103. The summed E-state index contributed by atoms with van der Waals surface area (Å²) in [5.74, 6) is 0.103. The number of benzene rings is 1. The van der Waals surface area contributed by atoms with Gasteiger partial charge in [0, 0.05) is 36.9 Å². The first-order chi connectivity index (χ1) is 14.1. The highest BCUT2D eigenvalue weighted by Crippen LogP contribution is 2.42. The Kier molecular flexibility index (Phi) is 4.97. The minimum atomic E-state index is 0.103. The highest BCUT2D eigenvalue weighted by Gasteiger charge is 2.43. The number of nitrogens with one attached hydrogen (secondary N) is 2. The number of morpholine rings is 1. The van der Waals surface area contributed by atoms with Gasteiger partial charge in [0.25, 0.3) is 5.91 Å². The van der Waals surface area contributed by atoms with Crippen LogP contribution < -0.4 is 15.5 Å². The van der Waals surface area contributed by atoms with Crippen molar-refractivity contribution in [1.82, 2.24) is 10.2 Å². The maximum Gasteiger partial charge on any atom is 0.261 e. The predicted octanol–water partition coefficient (Wildman–Crippen LogP) is 1.66. The van der Waals surface area contributed by atoms with Crippen LogP contribution in [-0.2, 0) is 14.3 Å². The molecule has 4 aliphatic heterocycles. The van der Waals surface area contributed by atoms with E-state index in [1.807, 2.05) is 4.90 Å². The van der Waals surface area contributed by atoms with Crippen molar-refractivity contribution in [3.05, 3.63) is 29.5 Å². The third-order valence-electron chi connectivity index (χ3n) is 6.24. The second kappa shape index (κ2) is 7.63. The molecular weight excluding hydrogens is 368 g/mol. The zero-order valence-electron chi connectivity index (χ0n) is 17.2. The van der Waals surface area contributed by atoms with E-state index in [9.17, 15) is 4.79 Å². The summed E-state index contributed by atoms with van der Waals surface area (Å²) in [5, 5.41) is 6.88. The van der Waals surface area contributed by atoms with E-state index in [4.69, 9.17) is 9.47 Å². The van der Waals surface area contributed by atoms with Crippen LogP contribution >= 0.6 is 0 Å². The van der Waals surface area contributed by atoms with Crippen LogP contribution in [0.25, 0.3) is 5.57 Å². The molecule has 0 unspecified atom stereocenters. The lowest BCUT2D eigenvalue weighted by Gasteiger charge is -2.35. The Labute approximate surface area is 172 Å². The molecule has 1 amide bonds. The van der Waals surface area contributed by atoms with Gasteiger partial charge in [0.15, 0.2) is 0 Å². The van der Waals surface area contributed by atoms with Gasteiger partial charge in [-0.25, -0.2) is 0 Å². The predicted molar refractivity (Wildman–Crippen MR) is 113 cm³/mol. The fourth-order valence-corrected chi connectivity index (χ4v) is 4.77. The Morgan fingerprint density at radius 1 is 1.21 bits per heavy atom. The van der Waals surface area contributed by atoms with E-state index in [1.54, 1.807) is 0 Å². The Morgan fingerprint density at radius 3 is 2.76 bits per heavy atom. The van der Waals surface area contributed by atoms with E-state index in [-0.39, 0.29) is 11.9 Å². The van der Waals surface area contributed by atoms with Crippen LogP contribution in [0.3, 0.4) is 0 Å². The van der Waals surface area contributed by atoms with Crippen molar-refractivity contribution in [2.45, 2.75) is 38.4 Å². The molecule has 4 heterocycles. The molecular formula is C22H30N4O3. The van der Waals surface area contributed by atoms with Crippen LogP contribution in [-0.4, -0.2) is 75.0 Å². The fraction of sp³-hybridized carbons (Fsp3) is 0.591. The molecule has 156 valence electrons. The summed E-state index contributed by atoms with van der Waals surface area (Å²) in [7, 11) is 0. The SMILES string of the molecule is CC(C)Nc1ccc2c(c1)/C(=C1\COCCN1)C(=O)N2[C@H]1CCN(C2COC2)C1. The summed E-state index contributed by atoms with van der Waals surface area (Å²) in [6, 6.07) is 7.36. The zero-order chi connectivity index (χ0) is 20.0. The van der Waals surface area contributed by atoms with Crippen molar-refractivity contribution in [2.75, 3.05) is 56.3 Å². The number of hydrogen-bond acceptors (Lipinski definition) is 6. The molecule has 0 saturated carbocycles. The summed E-state index contributed by atoms with van der Waals surface area (Å²) >= 11 is 0. The number of amides is 1. The lowest BCUT2D eigenvalue weighted by Crippen LogP contribution is -2.49. The number of fused-ring (bicyclic) bond motifs is 1. The van der Waals surface area contributed by atoms with Crippen molar-refractivity contribution in [2.24, 2.45) is 0 Å². The highest BCUT2D eigenvalue weighted by atomic mass is 16.5. The van der Waals surface area contributed by atoms with E-state index < -0.39 is 0 Å². The normalized spacial score (nSPS) is 27.9. The van der Waals surface area contributed by atoms with Crippen molar-refractivity contribution >= 4 is 22.9 Å². The van der Waals surface area contributed by atoms with Crippen molar-refractivity contribution < 1.29 is 14.3 Å². The van der Waals surface area contributed by atoms with Crippen molar-refractivity contribution in [3.63, 3.8) is 0 Å². The number of likely N-dealkylation sites (tertiary alicyclic amines) is 1. The van der Waals surface area contributed by atoms with Gasteiger partial charge >= 0.3 is 0 Å². The smallest absolute Gasteiger partial charge is 0.261 e. The molecule has 3 fully saturated rings. The lowest BCUT2D eigenvalue weighted by molar-refractivity contribution is -0.113. The second-order valence-corrected chi connectivity index (χ2v) is 8.67. The molecule has 0 radical (unpaired) electrons. The van der Waals surface area contributed by atoms with E-state index in [1.165, 1.54) is 0 Å². The topological polar surface area (TPSA) is 66.1 Å². The third kappa shape index (κ3) is 3.41. The van der Waals surface area contributed by atoms with E-state index in [0.29, 0.717) is 25.3 Å². The summed E-state index contributed by atoms with van der Waals surface area (Å²) < 4.78 is 11.0. The Hall–Kier alpha value is -2.09. The van der Waals surface area contributed by atoms with Crippen molar-refractivity contribution in [1.29, 1.82) is 0 Å². The molecule has 0 bridgehead atoms. The van der Waals surface area contributed by atoms with Crippen LogP contribution in [0, 0.1) is 0 Å². The van der Waals surface area contributed by atoms with E-state index in [0.717, 1.165) is 67.5 Å². The number of ether oxygens (including phenoxy) is 2. The second-order valence-electron chi connectivity index (χ2n) is 8.67. The Balaban J connectivity index is 1.50. The largest absolute Gasteiger partial charge is 0.383 e. The molecule has 4 aliphatic rings. The monoisotopic (exact) mass is 398 g/mol. The molecule has 1 aromatic carbocycles. The van der Waals surface area contributed by atoms with Gasteiger partial charge in [0.05, 0.1) is 55.5 Å². The van der Waals surface area contributed by atoms with Crippen LogP contribution in [0.15, 0.2) is 23.9 Å². The summed E-state index contributed by atoms with van der Waals surface area (Å²) in [5.41, 5.74) is 4.77. The van der Waals surface area contributed by atoms with Crippen LogP contribution in [0.2, 0.25) is 0 Å². The molecule has 1 aromatic rings. The van der Waals surface area contributed by atoms with Gasteiger partial charge < -0.3 is 25.0 Å². The van der Waals surface area contributed by atoms with Crippen molar-refractivity contribution in [3.8, 4) is 0 Å². The number of rotatable bonds is 4. The average Bonchev–Trinajstić information content (AvgIpc) is 3.22. The highest BCUT2D eigenvalue weighted by molar-refractivity contribution is 6.33. The van der Waals surface area contributed by atoms with Gasteiger partial charge in [0.2, 0.25) is 0 Å². The van der Waals surface area contributed by atoms with Crippen LogP contribution in [0.4, 0.5) is 11.4 Å². The van der Waals surface area contributed by atoms with Gasteiger partial charge in [0.1, 0.15) is 0 Å². The summed E-state index contributed by atoms with van der Waals surface area (Å²) in [6.45, 7) is 9.70. The Morgan fingerprint density at radius 2 is 2.07 bits per heavy atom. The third-order valence-corrected chi connectivity index (χ3v) is 6.24. The fourth-order valence-electron chi connectivity index (χ4n) is 4.77. The number of carbonyl (C=O) groups is 1. The summed E-state index contributed by atoms with van der Waals surface area (Å²) in [4.78, 5) is 18.2. The molecule has 1 atom stereocenters. The maximum absolute atomic E-state index is 13.7. The number of carbonyl (C=O) groups excluding carboxylic acids is 1. The Bertz CT molecular complexity index is 825. The molecule has 5 rings (SSSR count). The zero-order valence-corrected chi connectivity index (χ0v) is 17.2. The quantitative estimate of drug-likeness (QED) is 0.752. The molecule has 29 heavy (non-hydrogen) atoms. The van der Waals surface area contributed by atoms with Crippen LogP contribution in [0.1, 0.15) is 25.8 Å². The first-order valence-corrected chi connectivity index (χ1v) is 10.7. The molecule has 0 aromatic heterocycles. The maximum atomic E-state index is 13.7. The standard InChI is InChI=1S/C22H30N4O3/c1-14(2)24-15-3-4-20-18(9-15)21(19-13-28-8-6-23-19)22(27)26(20)16-5-7-25(10-16)17-11-29-12-17/h3-4,9,14,16-17,23-24H,5-8,10-13H2,1-2H3/b21-19-/t16-/m0/s1. The van der Waals surface area contributed by atoms with Gasteiger partial charge in [-0.1, -0.05) is 0 Å². The van der Waals surface area contributed by atoms with E-state index in [2.05, 4.69) is 47.6 Å². The first-order valence-electron chi connectivity index (χ1n) is 10.7. The van der Waals surface area contributed by atoms with E-state index >= 15 is 0 Å². The number of nitrogens with zero attached hydrogens (tertiary/aromatic N) is 2. The van der Waals surface area contributed by atoms with Gasteiger partial charge in [-0.15, -0.1) is 0 Å².